The van der Waals surface area contributed by atoms with Crippen LogP contribution in [-0.4, -0.2) is 18.7 Å². The monoisotopic (exact) mass is 531 g/mol. The first-order valence-electron chi connectivity index (χ1n) is 8.71. The molecule has 0 aromatic carbocycles. The Morgan fingerprint density at radius 1 is 1.05 bits per heavy atom. The van der Waals surface area contributed by atoms with Crippen LogP contribution in [0, 0.1) is 5.92 Å². The minimum atomic E-state index is -1.05. The minimum absolute atomic E-state index is 0.108. The first kappa shape index (κ1) is 15.1. The average Bonchev–Trinajstić information content (AvgIpc) is 3.40. The molecule has 2 aliphatic carbocycles. The van der Waals surface area contributed by atoms with Gasteiger partial charge >= 0.3 is 151 Å². The third-order valence-electron chi connectivity index (χ3n) is 6.23. The molecule has 22 heavy (non-hydrogen) atoms. The molecule has 3 saturated heterocycles. The average molecular weight is 531 g/mol. The van der Waals surface area contributed by atoms with Crippen LogP contribution in [0.5, 0.6) is 0 Å². The maximum absolute atomic E-state index is 13.2. The van der Waals surface area contributed by atoms with Crippen LogP contribution < -0.4 is 37.4 Å². The van der Waals surface area contributed by atoms with E-state index in [9.17, 15) is 4.79 Å². The Morgan fingerprint density at radius 2 is 1.64 bits per heavy atom. The Bertz CT molecular complexity index is 492. The molecule has 5 aliphatic rings. The fourth-order valence-corrected chi connectivity index (χ4v) is 14.8. The Labute approximate surface area is 150 Å². The van der Waals surface area contributed by atoms with Gasteiger partial charge in [0, 0.05) is 0 Å². The van der Waals surface area contributed by atoms with Crippen LogP contribution in [0.2, 0.25) is 0 Å². The van der Waals surface area contributed by atoms with E-state index in [0.29, 0.717) is 5.91 Å². The quantitative estimate of drug-likeness (QED) is 0.122. The first-order chi connectivity index (χ1) is 10.7. The molecule has 126 valence electrons. The van der Waals surface area contributed by atoms with Gasteiger partial charge in [-0.1, -0.05) is 0 Å². The summed E-state index contributed by atoms with van der Waals surface area (Å²) in [7, 11) is 0. The van der Waals surface area contributed by atoms with Crippen LogP contribution in [0.4, 0.5) is 0 Å². The number of rotatable bonds is 4. The topological polar surface area (TPSA) is 94.9 Å². The molecule has 0 radical (unpaired) electrons. The van der Waals surface area contributed by atoms with Crippen LogP contribution in [0.1, 0.15) is 64.2 Å². The van der Waals surface area contributed by atoms with Crippen molar-refractivity contribution in [3.63, 3.8) is 0 Å². The van der Waals surface area contributed by atoms with Gasteiger partial charge in [0.2, 0.25) is 0 Å². The maximum atomic E-state index is 13.2. The number of halogens is 2. The van der Waals surface area contributed by atoms with Crippen LogP contribution in [0.3, 0.4) is 0 Å². The van der Waals surface area contributed by atoms with Gasteiger partial charge in [-0.25, -0.2) is 0 Å². The van der Waals surface area contributed by atoms with Gasteiger partial charge in [-0.3, -0.25) is 0 Å². The fraction of sp³-hybridized carbons (Fsp3) is 0.933. The summed E-state index contributed by atoms with van der Waals surface area (Å²) in [5.74, 6) is 1.07. The van der Waals surface area contributed by atoms with Gasteiger partial charge in [0.05, 0.1) is 0 Å². The summed E-state index contributed by atoms with van der Waals surface area (Å²) in [6, 6.07) is 0. The second-order valence-electron chi connectivity index (χ2n) is 7.48. The molecule has 5 rings (SSSR count). The Morgan fingerprint density at radius 3 is 2.18 bits per heavy atom. The van der Waals surface area contributed by atoms with Gasteiger partial charge in [-0.2, -0.15) is 0 Å². The van der Waals surface area contributed by atoms with E-state index in [4.69, 9.17) is 0 Å². The molecule has 0 aromatic rings. The molecule has 4 N–H and O–H groups in total. The van der Waals surface area contributed by atoms with E-state index in [0.717, 1.165) is 5.92 Å². The molecule has 0 aromatic heterocycles. The van der Waals surface area contributed by atoms with Crippen molar-refractivity contribution in [3.05, 3.63) is 0 Å². The number of alkyl halides is 2. The number of hydrogen-bond donors (Lipinski definition) is 4. The summed E-state index contributed by atoms with van der Waals surface area (Å²) in [5, 5.41) is 3.65. The number of fused-ring (bicyclic) bond motifs is 1. The summed E-state index contributed by atoms with van der Waals surface area (Å²) >= 11 is -1.21. The molecule has 0 bridgehead atoms. The molecule has 3 heterocycles. The third-order valence-corrected chi connectivity index (χ3v) is 14.8. The SMILES string of the molecule is O=C(NC1(C2CCCCC2)CCCCC1)C1(C23NI2N3)N[I-]1. The number of amides is 1. The zero-order chi connectivity index (χ0) is 14.8. The molecule has 0 spiro atoms. The zero-order valence-corrected chi connectivity index (χ0v) is 17.1. The van der Waals surface area contributed by atoms with Gasteiger partial charge in [0.25, 0.3) is 0 Å². The van der Waals surface area contributed by atoms with Gasteiger partial charge in [-0.15, -0.1) is 0 Å². The van der Waals surface area contributed by atoms with E-state index in [1.54, 1.807) is 0 Å². The van der Waals surface area contributed by atoms with Gasteiger partial charge in [0.15, 0.2) is 0 Å². The first-order valence-corrected chi connectivity index (χ1v) is 14.1. The van der Waals surface area contributed by atoms with Gasteiger partial charge in [-0.05, 0) is 0 Å². The zero-order valence-electron chi connectivity index (χ0n) is 12.8. The number of hydrogen-bond acceptors (Lipinski definition) is 4. The van der Waals surface area contributed by atoms with Crippen molar-refractivity contribution in [2.24, 2.45) is 5.92 Å². The predicted molar refractivity (Wildman–Crippen MR) is 89.4 cm³/mol. The molecule has 2 saturated carbocycles. The second kappa shape index (κ2) is 5.15. The molecule has 1 unspecified atom stereocenters. The van der Waals surface area contributed by atoms with Crippen LogP contribution in [-0.2, 0) is 4.79 Å². The van der Waals surface area contributed by atoms with E-state index < -0.39 is 20.4 Å². The summed E-state index contributed by atoms with van der Waals surface area (Å²) in [4.78, 5) is 13.2. The van der Waals surface area contributed by atoms with Crippen molar-refractivity contribution in [1.82, 2.24) is 15.9 Å². The van der Waals surface area contributed by atoms with Crippen molar-refractivity contribution in [2.45, 2.75) is 77.0 Å². The predicted octanol–water partition coefficient (Wildman–Crippen LogP) is -1.11. The fourth-order valence-electron chi connectivity index (χ4n) is 4.69. The van der Waals surface area contributed by atoms with Crippen molar-refractivity contribution >= 4 is 26.3 Å². The van der Waals surface area contributed by atoms with Crippen molar-refractivity contribution in [3.8, 4) is 0 Å². The van der Waals surface area contributed by atoms with Crippen LogP contribution >= 0.6 is 20.4 Å². The Kier molecular flexibility index (Phi) is 3.54. The molecule has 1 amide bonds. The van der Waals surface area contributed by atoms with E-state index in [-0.39, 0.29) is 34.2 Å². The summed E-state index contributed by atoms with van der Waals surface area (Å²) < 4.78 is 10.6. The van der Waals surface area contributed by atoms with Crippen LogP contribution in [0.15, 0.2) is 0 Å². The normalized spacial score (nSPS) is 40.1. The Hall–Kier alpha value is 0.810. The van der Waals surface area contributed by atoms with E-state index >= 15 is 0 Å². The van der Waals surface area contributed by atoms with E-state index in [1.807, 2.05) is 0 Å². The Balaban J connectivity index is 1.36. The van der Waals surface area contributed by atoms with Crippen molar-refractivity contribution in [1.29, 1.82) is 0 Å². The molecule has 5 nitrogen and oxygen atoms in total. The molecular formula is C15H25I2N4O-. The van der Waals surface area contributed by atoms with Crippen molar-refractivity contribution < 1.29 is 26.3 Å². The number of nitrogens with one attached hydrogen (secondary N) is 4. The van der Waals surface area contributed by atoms with Crippen molar-refractivity contribution in [2.75, 3.05) is 0 Å². The third kappa shape index (κ3) is 2.14. The standard InChI is InChI=1S/C15H25I2N4O/c22-12(14(16-19-14)15-17(20-15)21-15)18-13(9-5-2-6-10-13)11-7-3-1-4-8-11/h11,19-21H,1-10H2,(H,18,22)/q-1. The molecule has 3 aliphatic heterocycles. The summed E-state index contributed by atoms with van der Waals surface area (Å²) in [6.07, 6.45) is 13.2. The number of carbonyl (C=O) groups excluding carboxylic acids is 1. The molecular weight excluding hydrogens is 506 g/mol. The summed E-state index contributed by atoms with van der Waals surface area (Å²) in [5.41, 5.74) is 0.121. The summed E-state index contributed by atoms with van der Waals surface area (Å²) in [6.45, 7) is 0. The number of carbonyl (C=O) groups is 1. The van der Waals surface area contributed by atoms with E-state index in [2.05, 4.69) is 15.9 Å². The molecule has 7 heteroatoms. The molecule has 5 fully saturated rings. The van der Waals surface area contributed by atoms with E-state index in [1.165, 1.54) is 64.2 Å². The van der Waals surface area contributed by atoms with Gasteiger partial charge in [0.1, 0.15) is 0 Å². The molecule has 1 atom stereocenters. The second-order valence-corrected chi connectivity index (χ2v) is 14.5. The van der Waals surface area contributed by atoms with Crippen LogP contribution in [0.25, 0.3) is 0 Å². The van der Waals surface area contributed by atoms with Gasteiger partial charge < -0.3 is 0 Å².